The Morgan fingerprint density at radius 1 is 1.42 bits per heavy atom. The van der Waals surface area contributed by atoms with E-state index in [1.54, 1.807) is 7.11 Å². The summed E-state index contributed by atoms with van der Waals surface area (Å²) in [6, 6.07) is 5.87. The number of thiazole rings is 1. The molecule has 0 bridgehead atoms. The van der Waals surface area contributed by atoms with Crippen LogP contribution in [0.4, 0.5) is 5.13 Å². The smallest absolute Gasteiger partial charge is 0.227 e. The van der Waals surface area contributed by atoms with E-state index in [0.717, 1.165) is 22.6 Å². The van der Waals surface area contributed by atoms with Crippen LogP contribution < -0.4 is 15.8 Å². The predicted octanol–water partition coefficient (Wildman–Crippen LogP) is 2.67. The van der Waals surface area contributed by atoms with Gasteiger partial charge in [0, 0.05) is 23.1 Å². The fraction of sp³-hybridized carbons (Fsp3) is 0.312. The minimum absolute atomic E-state index is 0.135. The Balaban J connectivity index is 1.97. The number of hydrogen-bond donors (Lipinski definition) is 2. The van der Waals surface area contributed by atoms with Crippen molar-refractivity contribution in [3.05, 3.63) is 29.1 Å². The van der Waals surface area contributed by atoms with Gasteiger partial charge in [-0.2, -0.15) is 11.8 Å². The molecule has 8 heteroatoms. The van der Waals surface area contributed by atoms with Crippen LogP contribution in [0.25, 0.3) is 11.3 Å². The monoisotopic (exact) mass is 365 g/mol. The van der Waals surface area contributed by atoms with Gasteiger partial charge in [0.15, 0.2) is 5.13 Å². The first-order chi connectivity index (χ1) is 11.5. The second-order valence-electron chi connectivity index (χ2n) is 5.06. The number of carbonyl (C=O) groups is 2. The number of methoxy groups -OCH3 is 1. The van der Waals surface area contributed by atoms with E-state index in [1.165, 1.54) is 23.1 Å². The Labute approximate surface area is 148 Å². The highest BCUT2D eigenvalue weighted by Crippen LogP contribution is 2.32. The first-order valence-electron chi connectivity index (χ1n) is 7.26. The number of benzene rings is 1. The van der Waals surface area contributed by atoms with E-state index in [2.05, 4.69) is 10.3 Å². The van der Waals surface area contributed by atoms with Crippen molar-refractivity contribution in [2.75, 3.05) is 23.9 Å². The second kappa shape index (κ2) is 8.70. The fourth-order valence-electron chi connectivity index (χ4n) is 2.00. The summed E-state index contributed by atoms with van der Waals surface area (Å²) < 4.78 is 5.37. The van der Waals surface area contributed by atoms with Crippen molar-refractivity contribution in [3.8, 4) is 17.0 Å². The summed E-state index contributed by atoms with van der Waals surface area (Å²) in [5.74, 6) is 0.994. The van der Waals surface area contributed by atoms with E-state index in [4.69, 9.17) is 10.5 Å². The van der Waals surface area contributed by atoms with Crippen molar-refractivity contribution in [1.82, 2.24) is 4.98 Å². The number of aryl methyl sites for hydroxylation is 1. The zero-order valence-electron chi connectivity index (χ0n) is 13.5. The van der Waals surface area contributed by atoms with Gasteiger partial charge in [0.25, 0.3) is 0 Å². The summed E-state index contributed by atoms with van der Waals surface area (Å²) in [7, 11) is 1.62. The van der Waals surface area contributed by atoms with Gasteiger partial charge in [-0.05, 0) is 19.1 Å². The molecular formula is C16H19N3O3S2. The molecule has 0 saturated heterocycles. The largest absolute Gasteiger partial charge is 0.496 e. The van der Waals surface area contributed by atoms with Gasteiger partial charge in [-0.15, -0.1) is 11.3 Å². The maximum absolute atomic E-state index is 11.9. The van der Waals surface area contributed by atoms with E-state index in [0.29, 0.717) is 17.3 Å². The number of rotatable bonds is 8. The van der Waals surface area contributed by atoms with Gasteiger partial charge in [0.05, 0.1) is 18.6 Å². The fourth-order valence-corrected chi connectivity index (χ4v) is 3.40. The first kappa shape index (κ1) is 18.3. The average Bonchev–Trinajstić information content (AvgIpc) is 2.99. The second-order valence-corrected chi connectivity index (χ2v) is 7.02. The van der Waals surface area contributed by atoms with E-state index >= 15 is 0 Å². The summed E-state index contributed by atoms with van der Waals surface area (Å²) >= 11 is 2.70. The Morgan fingerprint density at radius 2 is 2.21 bits per heavy atom. The number of anilines is 1. The summed E-state index contributed by atoms with van der Waals surface area (Å²) in [4.78, 5) is 27.0. The number of nitrogens with one attached hydrogen (secondary N) is 1. The number of hydrogen-bond acceptors (Lipinski definition) is 6. The number of amides is 2. The third-order valence-corrected chi connectivity index (χ3v) is 4.84. The van der Waals surface area contributed by atoms with Gasteiger partial charge < -0.3 is 15.8 Å². The summed E-state index contributed by atoms with van der Waals surface area (Å²) in [5.41, 5.74) is 7.81. The molecule has 1 aromatic carbocycles. The van der Waals surface area contributed by atoms with Crippen LogP contribution in [-0.2, 0) is 9.59 Å². The molecule has 24 heavy (non-hydrogen) atoms. The van der Waals surface area contributed by atoms with Crippen LogP contribution in [0, 0.1) is 6.92 Å². The molecule has 1 aromatic heterocycles. The average molecular weight is 365 g/mol. The number of thioether (sulfide) groups is 1. The molecule has 0 aliphatic heterocycles. The predicted molar refractivity (Wildman–Crippen MR) is 98.6 cm³/mol. The minimum Gasteiger partial charge on any atom is -0.496 e. The molecule has 0 unspecified atom stereocenters. The van der Waals surface area contributed by atoms with E-state index in [9.17, 15) is 9.59 Å². The molecule has 0 atom stereocenters. The van der Waals surface area contributed by atoms with Crippen molar-refractivity contribution in [2.24, 2.45) is 5.73 Å². The minimum atomic E-state index is -0.378. The quantitative estimate of drug-likeness (QED) is 0.702. The van der Waals surface area contributed by atoms with Gasteiger partial charge in [-0.25, -0.2) is 4.98 Å². The highest BCUT2D eigenvalue weighted by molar-refractivity contribution is 7.99. The van der Waals surface area contributed by atoms with Crippen molar-refractivity contribution in [3.63, 3.8) is 0 Å². The summed E-state index contributed by atoms with van der Waals surface area (Å²) in [6.07, 6.45) is 0.306. The molecule has 2 aromatic rings. The molecule has 128 valence electrons. The molecule has 0 aliphatic rings. The SMILES string of the molecule is COc1ccc(C)cc1-c1csc(NC(=O)CCSCC(N)=O)n1. The Kier molecular flexibility index (Phi) is 6.62. The van der Waals surface area contributed by atoms with Crippen molar-refractivity contribution in [2.45, 2.75) is 13.3 Å². The van der Waals surface area contributed by atoms with Gasteiger partial charge in [0.2, 0.25) is 11.8 Å². The number of primary amides is 1. The number of carbonyl (C=O) groups excluding carboxylic acids is 2. The van der Waals surface area contributed by atoms with E-state index < -0.39 is 0 Å². The van der Waals surface area contributed by atoms with Gasteiger partial charge in [0.1, 0.15) is 5.75 Å². The van der Waals surface area contributed by atoms with Crippen LogP contribution >= 0.6 is 23.1 Å². The van der Waals surface area contributed by atoms with Crippen LogP contribution in [0.1, 0.15) is 12.0 Å². The molecule has 0 spiro atoms. The maximum Gasteiger partial charge on any atom is 0.227 e. The van der Waals surface area contributed by atoms with E-state index in [-0.39, 0.29) is 17.6 Å². The van der Waals surface area contributed by atoms with Crippen LogP contribution in [0.2, 0.25) is 0 Å². The van der Waals surface area contributed by atoms with Gasteiger partial charge in [-0.3, -0.25) is 9.59 Å². The lowest BCUT2D eigenvalue weighted by atomic mass is 10.1. The number of aromatic nitrogens is 1. The summed E-state index contributed by atoms with van der Waals surface area (Å²) in [6.45, 7) is 2.00. The zero-order chi connectivity index (χ0) is 17.5. The number of nitrogens with two attached hydrogens (primary N) is 1. The summed E-state index contributed by atoms with van der Waals surface area (Å²) in [5, 5.41) is 5.19. The topological polar surface area (TPSA) is 94.3 Å². The molecule has 0 saturated carbocycles. The van der Waals surface area contributed by atoms with Gasteiger partial charge in [-0.1, -0.05) is 11.6 Å². The molecule has 2 amide bonds. The highest BCUT2D eigenvalue weighted by atomic mass is 32.2. The first-order valence-corrected chi connectivity index (χ1v) is 9.29. The molecule has 1 heterocycles. The molecule has 3 N–H and O–H groups in total. The lowest BCUT2D eigenvalue weighted by Crippen LogP contribution is -2.15. The van der Waals surface area contributed by atoms with Gasteiger partial charge >= 0.3 is 0 Å². The normalized spacial score (nSPS) is 10.4. The maximum atomic E-state index is 11.9. The molecule has 6 nitrogen and oxygen atoms in total. The molecule has 0 radical (unpaired) electrons. The third-order valence-electron chi connectivity index (χ3n) is 3.10. The van der Waals surface area contributed by atoms with Crippen LogP contribution in [0.3, 0.4) is 0 Å². The standard InChI is InChI=1S/C16H19N3O3S2/c1-10-3-4-13(22-2)11(7-10)12-8-24-16(18-12)19-15(21)5-6-23-9-14(17)20/h3-4,7-8H,5-6,9H2,1-2H3,(H2,17,20)(H,18,19,21). The van der Waals surface area contributed by atoms with E-state index in [1.807, 2.05) is 30.5 Å². The molecule has 0 aliphatic carbocycles. The lowest BCUT2D eigenvalue weighted by molar-refractivity contribution is -0.116. The van der Waals surface area contributed by atoms with Crippen LogP contribution in [0.5, 0.6) is 5.75 Å². The third kappa shape index (κ3) is 5.24. The molecule has 2 rings (SSSR count). The highest BCUT2D eigenvalue weighted by Gasteiger charge is 2.12. The zero-order valence-corrected chi connectivity index (χ0v) is 15.1. The lowest BCUT2D eigenvalue weighted by Gasteiger charge is -2.07. The van der Waals surface area contributed by atoms with Crippen LogP contribution in [0.15, 0.2) is 23.6 Å². The van der Waals surface area contributed by atoms with Crippen molar-refractivity contribution in [1.29, 1.82) is 0 Å². The van der Waals surface area contributed by atoms with Crippen molar-refractivity contribution >= 4 is 40.0 Å². The van der Waals surface area contributed by atoms with Crippen LogP contribution in [-0.4, -0.2) is 35.4 Å². The molecular weight excluding hydrogens is 346 g/mol. The number of nitrogens with zero attached hydrogens (tertiary/aromatic N) is 1. The Morgan fingerprint density at radius 3 is 2.92 bits per heavy atom. The number of ether oxygens (including phenoxy) is 1. The Hall–Kier alpha value is -2.06. The Bertz CT molecular complexity index is 731. The molecule has 0 fully saturated rings. The van der Waals surface area contributed by atoms with Crippen molar-refractivity contribution < 1.29 is 14.3 Å².